The van der Waals surface area contributed by atoms with Crippen molar-refractivity contribution in [3.8, 4) is 6.07 Å². The first-order valence-electron chi connectivity index (χ1n) is 9.46. The summed E-state index contributed by atoms with van der Waals surface area (Å²) in [6.45, 7) is 7.88. The molecule has 1 aromatic carbocycles. The lowest BCUT2D eigenvalue weighted by molar-refractivity contribution is -0.116. The van der Waals surface area contributed by atoms with Crippen LogP contribution >= 0.6 is 0 Å². The summed E-state index contributed by atoms with van der Waals surface area (Å²) in [6.07, 6.45) is 1.21. The summed E-state index contributed by atoms with van der Waals surface area (Å²) in [5, 5.41) is 16.0. The quantitative estimate of drug-likeness (QED) is 0.650. The van der Waals surface area contributed by atoms with Crippen molar-refractivity contribution in [2.75, 3.05) is 5.32 Å². The van der Waals surface area contributed by atoms with E-state index in [1.54, 1.807) is 30.7 Å². The molecule has 0 fully saturated rings. The van der Waals surface area contributed by atoms with Gasteiger partial charge >= 0.3 is 0 Å². The van der Waals surface area contributed by atoms with Crippen LogP contribution in [0, 0.1) is 25.2 Å². The number of hydrogen-bond donors (Lipinski definition) is 2. The van der Waals surface area contributed by atoms with E-state index in [9.17, 15) is 13.2 Å². The van der Waals surface area contributed by atoms with Crippen molar-refractivity contribution in [3.63, 3.8) is 0 Å². The molecule has 0 bridgehead atoms. The summed E-state index contributed by atoms with van der Waals surface area (Å²) < 4.78 is 28.6. The van der Waals surface area contributed by atoms with Crippen molar-refractivity contribution in [2.24, 2.45) is 0 Å². The average molecular weight is 418 g/mol. The second kappa shape index (κ2) is 9.67. The number of aryl methyl sites for hydroxylation is 2. The molecule has 0 aliphatic rings. The van der Waals surface area contributed by atoms with Gasteiger partial charge in [0.2, 0.25) is 15.9 Å². The Hall–Kier alpha value is -2.70. The number of carbonyl (C=O) groups is 1. The van der Waals surface area contributed by atoms with Crippen LogP contribution in [0.25, 0.3) is 0 Å². The monoisotopic (exact) mass is 417 g/mol. The van der Waals surface area contributed by atoms with Gasteiger partial charge < -0.3 is 5.32 Å². The number of carbonyl (C=O) groups excluding carboxylic acids is 1. The van der Waals surface area contributed by atoms with Gasteiger partial charge in [-0.2, -0.15) is 10.4 Å². The van der Waals surface area contributed by atoms with E-state index in [0.717, 1.165) is 17.0 Å². The number of sulfonamides is 1. The second-order valence-electron chi connectivity index (χ2n) is 7.13. The summed E-state index contributed by atoms with van der Waals surface area (Å²) in [7, 11) is -3.56. The fraction of sp³-hybridized carbons (Fsp3) is 0.450. The highest BCUT2D eigenvalue weighted by molar-refractivity contribution is 7.89. The SMILES string of the molecule is Cc1nn(CCC#N)c(C)c1CCC(=O)Nc1ccc(S(=O)(=O)NC(C)C)cc1. The zero-order chi connectivity index (χ0) is 21.6. The minimum atomic E-state index is -3.56. The number of rotatable bonds is 9. The van der Waals surface area contributed by atoms with E-state index in [1.807, 2.05) is 13.8 Å². The van der Waals surface area contributed by atoms with E-state index in [4.69, 9.17) is 5.26 Å². The Labute approximate surface area is 172 Å². The normalized spacial score (nSPS) is 11.4. The van der Waals surface area contributed by atoms with E-state index in [2.05, 4.69) is 21.2 Å². The number of nitrogens with zero attached hydrogens (tertiary/aromatic N) is 3. The first-order valence-corrected chi connectivity index (χ1v) is 10.9. The van der Waals surface area contributed by atoms with Gasteiger partial charge in [-0.3, -0.25) is 9.48 Å². The fourth-order valence-electron chi connectivity index (χ4n) is 3.03. The Bertz CT molecular complexity index is 1000. The van der Waals surface area contributed by atoms with E-state index in [-0.39, 0.29) is 23.3 Å². The molecule has 8 nitrogen and oxygen atoms in total. The van der Waals surface area contributed by atoms with Crippen molar-refractivity contribution < 1.29 is 13.2 Å². The molecule has 1 heterocycles. The molecule has 2 aromatic rings. The molecular weight excluding hydrogens is 390 g/mol. The molecule has 0 spiro atoms. The maximum atomic E-state index is 12.3. The summed E-state index contributed by atoms with van der Waals surface area (Å²) in [5.41, 5.74) is 3.38. The Morgan fingerprint density at radius 2 is 1.90 bits per heavy atom. The van der Waals surface area contributed by atoms with Gasteiger partial charge in [-0.05, 0) is 63.9 Å². The standard InChI is InChI=1S/C20H27N5O3S/c1-14(2)24-29(27,28)18-8-6-17(7-9-18)22-20(26)11-10-19-15(3)23-25(16(19)4)13-5-12-21/h6-9,14,24H,5,10-11,13H2,1-4H3,(H,22,26). The number of amides is 1. The molecule has 0 saturated heterocycles. The van der Waals surface area contributed by atoms with Crippen LogP contribution in [-0.4, -0.2) is 30.1 Å². The van der Waals surface area contributed by atoms with Gasteiger partial charge in [0.05, 0.1) is 29.6 Å². The summed E-state index contributed by atoms with van der Waals surface area (Å²) in [5.74, 6) is -0.163. The lowest BCUT2D eigenvalue weighted by Crippen LogP contribution is -2.30. The van der Waals surface area contributed by atoms with Crippen LogP contribution in [0.2, 0.25) is 0 Å². The van der Waals surface area contributed by atoms with Crippen molar-refractivity contribution in [1.29, 1.82) is 5.26 Å². The molecule has 29 heavy (non-hydrogen) atoms. The van der Waals surface area contributed by atoms with E-state index in [1.165, 1.54) is 12.1 Å². The smallest absolute Gasteiger partial charge is 0.240 e. The maximum Gasteiger partial charge on any atom is 0.240 e. The van der Waals surface area contributed by atoms with Crippen molar-refractivity contribution in [2.45, 2.75) is 64.4 Å². The number of anilines is 1. The number of benzene rings is 1. The highest BCUT2D eigenvalue weighted by Gasteiger charge is 2.16. The molecule has 0 saturated carbocycles. The third kappa shape index (κ3) is 6.14. The molecule has 2 N–H and O–H groups in total. The molecule has 2 rings (SSSR count). The van der Waals surface area contributed by atoms with E-state index in [0.29, 0.717) is 25.1 Å². The van der Waals surface area contributed by atoms with Gasteiger partial charge in [0.25, 0.3) is 0 Å². The molecule has 0 unspecified atom stereocenters. The lowest BCUT2D eigenvalue weighted by atomic mass is 10.1. The van der Waals surface area contributed by atoms with Gasteiger partial charge in [-0.15, -0.1) is 0 Å². The number of aromatic nitrogens is 2. The van der Waals surface area contributed by atoms with Gasteiger partial charge in [0.15, 0.2) is 0 Å². The predicted octanol–water partition coefficient (Wildman–Crippen LogP) is 2.67. The van der Waals surface area contributed by atoms with E-state index < -0.39 is 10.0 Å². The molecule has 156 valence electrons. The van der Waals surface area contributed by atoms with Crippen LogP contribution in [-0.2, 0) is 27.8 Å². The van der Waals surface area contributed by atoms with Crippen LogP contribution in [0.3, 0.4) is 0 Å². The third-order valence-electron chi connectivity index (χ3n) is 4.41. The lowest BCUT2D eigenvalue weighted by Gasteiger charge is -2.10. The fourth-order valence-corrected chi connectivity index (χ4v) is 4.28. The maximum absolute atomic E-state index is 12.3. The first-order chi connectivity index (χ1) is 13.6. The Kier molecular flexibility index (Phi) is 7.53. The molecule has 0 radical (unpaired) electrons. The second-order valence-corrected chi connectivity index (χ2v) is 8.84. The van der Waals surface area contributed by atoms with Crippen molar-refractivity contribution in [3.05, 3.63) is 41.2 Å². The predicted molar refractivity (Wildman–Crippen MR) is 111 cm³/mol. The van der Waals surface area contributed by atoms with Crippen LogP contribution in [0.15, 0.2) is 29.2 Å². The summed E-state index contributed by atoms with van der Waals surface area (Å²) >= 11 is 0. The average Bonchev–Trinajstić information content (AvgIpc) is 2.91. The van der Waals surface area contributed by atoms with Crippen LogP contribution in [0.1, 0.15) is 43.6 Å². The molecule has 1 amide bonds. The Morgan fingerprint density at radius 3 is 2.48 bits per heavy atom. The molecule has 9 heteroatoms. The van der Waals surface area contributed by atoms with Gasteiger partial charge in [-0.25, -0.2) is 13.1 Å². The van der Waals surface area contributed by atoms with Crippen LogP contribution in [0.5, 0.6) is 0 Å². The molecule has 0 atom stereocenters. The highest BCUT2D eigenvalue weighted by atomic mass is 32.2. The molecule has 0 aliphatic heterocycles. The summed E-state index contributed by atoms with van der Waals surface area (Å²) in [4.78, 5) is 12.5. The van der Waals surface area contributed by atoms with Crippen molar-refractivity contribution in [1.82, 2.24) is 14.5 Å². The Balaban J connectivity index is 1.97. The van der Waals surface area contributed by atoms with Crippen molar-refractivity contribution >= 4 is 21.6 Å². The zero-order valence-corrected chi connectivity index (χ0v) is 18.0. The minimum absolute atomic E-state index is 0.153. The number of hydrogen-bond acceptors (Lipinski definition) is 5. The van der Waals surface area contributed by atoms with Crippen LogP contribution < -0.4 is 10.0 Å². The largest absolute Gasteiger partial charge is 0.326 e. The molecule has 0 aliphatic carbocycles. The third-order valence-corrected chi connectivity index (χ3v) is 6.08. The van der Waals surface area contributed by atoms with Gasteiger partial charge in [-0.1, -0.05) is 0 Å². The zero-order valence-electron chi connectivity index (χ0n) is 17.2. The molecule has 1 aromatic heterocycles. The number of nitrogens with one attached hydrogen (secondary N) is 2. The summed E-state index contributed by atoms with van der Waals surface area (Å²) in [6, 6.07) is 7.98. The topological polar surface area (TPSA) is 117 Å². The Morgan fingerprint density at radius 1 is 1.24 bits per heavy atom. The minimum Gasteiger partial charge on any atom is -0.326 e. The first kappa shape index (κ1) is 22.6. The molecular formula is C20H27N5O3S. The highest BCUT2D eigenvalue weighted by Crippen LogP contribution is 2.17. The van der Waals surface area contributed by atoms with Crippen LogP contribution in [0.4, 0.5) is 5.69 Å². The van der Waals surface area contributed by atoms with E-state index >= 15 is 0 Å². The number of nitriles is 1. The van der Waals surface area contributed by atoms with Gasteiger partial charge in [0, 0.05) is 23.8 Å². The van der Waals surface area contributed by atoms with Gasteiger partial charge in [0.1, 0.15) is 0 Å².